The number of carbonyl (C=O) groups is 3. The molecule has 1 saturated heterocycles. The van der Waals surface area contributed by atoms with E-state index in [9.17, 15) is 28.9 Å². The summed E-state index contributed by atoms with van der Waals surface area (Å²) in [6.45, 7) is 4.62. The molecule has 1 fully saturated rings. The van der Waals surface area contributed by atoms with Crippen LogP contribution >= 0.6 is 11.3 Å². The molecule has 1 aromatic carbocycles. The average Bonchev–Trinajstić information content (AvgIpc) is 3.27. The Kier molecular flexibility index (Phi) is 7.18. The standard InChI is InChI=1S/C21H23FN4O5S/c1-13(2)18(23-19(27)14-5-3-4-6-15(14)22)21(29)25-11-9-24(10-12-25)20(28)16-7-8-17(32-16)26(30)31/h3-8,13,18H,9-12H2,1-2H3,(H,23,27). The van der Waals surface area contributed by atoms with Gasteiger partial charge in [-0.25, -0.2) is 4.39 Å². The predicted octanol–water partition coefficient (Wildman–Crippen LogP) is 2.53. The number of thiophene rings is 1. The maximum absolute atomic E-state index is 13.9. The summed E-state index contributed by atoms with van der Waals surface area (Å²) < 4.78 is 13.9. The summed E-state index contributed by atoms with van der Waals surface area (Å²) >= 11 is 0.816. The molecule has 170 valence electrons. The van der Waals surface area contributed by atoms with Gasteiger partial charge < -0.3 is 15.1 Å². The molecule has 11 heteroatoms. The Morgan fingerprint density at radius 2 is 1.69 bits per heavy atom. The largest absolute Gasteiger partial charge is 0.340 e. The Balaban J connectivity index is 1.62. The van der Waals surface area contributed by atoms with E-state index in [2.05, 4.69) is 5.32 Å². The van der Waals surface area contributed by atoms with Gasteiger partial charge in [0.25, 0.3) is 11.8 Å². The molecule has 2 aromatic rings. The maximum atomic E-state index is 13.9. The summed E-state index contributed by atoms with van der Waals surface area (Å²) in [6, 6.07) is 7.43. The third-order valence-corrected chi connectivity index (χ3v) is 6.22. The first kappa shape index (κ1) is 23.3. The Bertz CT molecular complexity index is 1030. The third kappa shape index (κ3) is 5.10. The zero-order chi connectivity index (χ0) is 23.4. The lowest BCUT2D eigenvalue weighted by Gasteiger charge is -2.37. The van der Waals surface area contributed by atoms with Crippen LogP contribution < -0.4 is 5.32 Å². The molecular weight excluding hydrogens is 439 g/mol. The first-order valence-electron chi connectivity index (χ1n) is 10.1. The number of hydrogen-bond donors (Lipinski definition) is 1. The lowest BCUT2D eigenvalue weighted by molar-refractivity contribution is -0.380. The first-order chi connectivity index (χ1) is 15.2. The molecule has 3 amide bonds. The molecule has 3 rings (SSSR count). The molecule has 0 bridgehead atoms. The molecule has 1 unspecified atom stereocenters. The van der Waals surface area contributed by atoms with Crippen molar-refractivity contribution in [1.82, 2.24) is 15.1 Å². The molecule has 1 aromatic heterocycles. The Labute approximate surface area is 188 Å². The quantitative estimate of drug-likeness (QED) is 0.524. The molecular formula is C21H23FN4O5S. The van der Waals surface area contributed by atoms with Crippen LogP contribution in [0.25, 0.3) is 0 Å². The van der Waals surface area contributed by atoms with Gasteiger partial charge in [0.1, 0.15) is 11.9 Å². The average molecular weight is 463 g/mol. The van der Waals surface area contributed by atoms with Gasteiger partial charge in [0, 0.05) is 32.2 Å². The number of nitrogens with one attached hydrogen (secondary N) is 1. The van der Waals surface area contributed by atoms with Gasteiger partial charge in [-0.05, 0) is 24.1 Å². The molecule has 0 saturated carbocycles. The van der Waals surface area contributed by atoms with Crippen molar-refractivity contribution in [2.45, 2.75) is 19.9 Å². The summed E-state index contributed by atoms with van der Waals surface area (Å²) in [7, 11) is 0. The van der Waals surface area contributed by atoms with E-state index in [4.69, 9.17) is 0 Å². The van der Waals surface area contributed by atoms with Gasteiger partial charge in [-0.1, -0.05) is 37.3 Å². The van der Waals surface area contributed by atoms with Crippen LogP contribution in [0.1, 0.15) is 33.9 Å². The highest BCUT2D eigenvalue weighted by Crippen LogP contribution is 2.25. The highest BCUT2D eigenvalue weighted by Gasteiger charge is 2.33. The molecule has 0 aliphatic carbocycles. The van der Waals surface area contributed by atoms with Gasteiger partial charge in [-0.15, -0.1) is 0 Å². The SMILES string of the molecule is CC(C)C(NC(=O)c1ccccc1F)C(=O)N1CCN(C(=O)c2ccc([N+](=O)[O-])s2)CC1. The molecule has 32 heavy (non-hydrogen) atoms. The molecule has 0 spiro atoms. The Morgan fingerprint density at radius 3 is 2.25 bits per heavy atom. The number of halogens is 1. The maximum Gasteiger partial charge on any atom is 0.324 e. The van der Waals surface area contributed by atoms with Crippen molar-refractivity contribution >= 4 is 34.1 Å². The topological polar surface area (TPSA) is 113 Å². The van der Waals surface area contributed by atoms with Crippen molar-refractivity contribution in [2.75, 3.05) is 26.2 Å². The lowest BCUT2D eigenvalue weighted by Crippen LogP contribution is -2.57. The van der Waals surface area contributed by atoms with Crippen molar-refractivity contribution < 1.29 is 23.7 Å². The van der Waals surface area contributed by atoms with Crippen LogP contribution in [0.2, 0.25) is 0 Å². The fourth-order valence-electron chi connectivity index (χ4n) is 3.40. The van der Waals surface area contributed by atoms with Gasteiger partial charge in [-0.3, -0.25) is 24.5 Å². The molecule has 1 aliphatic heterocycles. The predicted molar refractivity (Wildman–Crippen MR) is 116 cm³/mol. The van der Waals surface area contributed by atoms with Gasteiger partial charge in [0.15, 0.2) is 0 Å². The summed E-state index contributed by atoms with van der Waals surface area (Å²) in [5.74, 6) is -2.18. The molecule has 9 nitrogen and oxygen atoms in total. The van der Waals surface area contributed by atoms with Crippen molar-refractivity contribution in [3.05, 3.63) is 62.8 Å². The molecule has 2 heterocycles. The number of nitro groups is 1. The second-order valence-electron chi connectivity index (χ2n) is 7.69. The van der Waals surface area contributed by atoms with E-state index in [0.29, 0.717) is 0 Å². The number of amides is 3. The number of hydrogen-bond acceptors (Lipinski definition) is 6. The number of nitrogens with zero attached hydrogens (tertiary/aromatic N) is 3. The van der Waals surface area contributed by atoms with Crippen molar-refractivity contribution in [1.29, 1.82) is 0 Å². The minimum Gasteiger partial charge on any atom is -0.340 e. The van der Waals surface area contributed by atoms with E-state index in [-0.39, 0.29) is 59.4 Å². The van der Waals surface area contributed by atoms with Gasteiger partial charge in [0.05, 0.1) is 15.4 Å². The Morgan fingerprint density at radius 1 is 1.06 bits per heavy atom. The normalized spacial score (nSPS) is 14.9. The van der Waals surface area contributed by atoms with Crippen molar-refractivity contribution in [3.63, 3.8) is 0 Å². The monoisotopic (exact) mass is 462 g/mol. The van der Waals surface area contributed by atoms with Crippen LogP contribution in [0.5, 0.6) is 0 Å². The first-order valence-corrected chi connectivity index (χ1v) is 10.9. The highest BCUT2D eigenvalue weighted by molar-refractivity contribution is 7.17. The minimum atomic E-state index is -0.843. The zero-order valence-electron chi connectivity index (χ0n) is 17.6. The molecule has 0 radical (unpaired) electrons. The summed E-state index contributed by atoms with van der Waals surface area (Å²) in [6.07, 6.45) is 0. The van der Waals surface area contributed by atoms with E-state index in [0.717, 1.165) is 11.3 Å². The summed E-state index contributed by atoms with van der Waals surface area (Å²) in [5, 5.41) is 13.4. The number of benzene rings is 1. The van der Waals surface area contributed by atoms with Gasteiger partial charge >= 0.3 is 5.00 Å². The lowest BCUT2D eigenvalue weighted by atomic mass is 10.0. The van der Waals surface area contributed by atoms with E-state index < -0.39 is 22.7 Å². The van der Waals surface area contributed by atoms with Crippen LogP contribution in [-0.4, -0.2) is 64.7 Å². The smallest absolute Gasteiger partial charge is 0.324 e. The molecule has 1 atom stereocenters. The summed E-state index contributed by atoms with van der Waals surface area (Å²) in [5.41, 5.74) is -0.133. The number of carbonyl (C=O) groups excluding carboxylic acids is 3. The second kappa shape index (κ2) is 9.86. The van der Waals surface area contributed by atoms with E-state index in [1.807, 2.05) is 0 Å². The van der Waals surface area contributed by atoms with Crippen molar-refractivity contribution in [3.8, 4) is 0 Å². The molecule has 1 N–H and O–H groups in total. The van der Waals surface area contributed by atoms with Crippen LogP contribution in [0.15, 0.2) is 36.4 Å². The highest BCUT2D eigenvalue weighted by atomic mass is 32.1. The minimum absolute atomic E-state index is 0.104. The second-order valence-corrected chi connectivity index (χ2v) is 8.75. The van der Waals surface area contributed by atoms with Crippen molar-refractivity contribution in [2.24, 2.45) is 5.92 Å². The fraction of sp³-hybridized carbons (Fsp3) is 0.381. The van der Waals surface area contributed by atoms with Gasteiger partial charge in [-0.2, -0.15) is 0 Å². The summed E-state index contributed by atoms with van der Waals surface area (Å²) in [4.78, 5) is 51.8. The van der Waals surface area contributed by atoms with Crippen LogP contribution in [0.4, 0.5) is 9.39 Å². The fourth-order valence-corrected chi connectivity index (χ4v) is 4.19. The molecule has 1 aliphatic rings. The number of piperazine rings is 1. The van der Waals surface area contributed by atoms with Gasteiger partial charge in [0.2, 0.25) is 5.91 Å². The number of rotatable bonds is 6. The Hall–Kier alpha value is -3.34. The van der Waals surface area contributed by atoms with Crippen LogP contribution in [-0.2, 0) is 4.79 Å². The van der Waals surface area contributed by atoms with Crippen LogP contribution in [0.3, 0.4) is 0 Å². The van der Waals surface area contributed by atoms with E-state index in [1.54, 1.807) is 29.7 Å². The third-order valence-electron chi connectivity index (χ3n) is 5.20. The van der Waals surface area contributed by atoms with E-state index >= 15 is 0 Å². The van der Waals surface area contributed by atoms with E-state index in [1.165, 1.54) is 30.3 Å². The van der Waals surface area contributed by atoms with Crippen LogP contribution in [0, 0.1) is 21.8 Å². The zero-order valence-corrected chi connectivity index (χ0v) is 18.4.